The SMILES string of the molecule is Cc1nsc(Sc2sc([C@@H](C)O)cc2[N+](=O)[O-])n1. The van der Waals surface area contributed by atoms with E-state index in [0.29, 0.717) is 19.3 Å². The van der Waals surface area contributed by atoms with Crippen molar-refractivity contribution in [1.82, 2.24) is 9.36 Å². The molecule has 9 heteroatoms. The number of aromatic nitrogens is 2. The molecule has 0 aliphatic rings. The van der Waals surface area contributed by atoms with Gasteiger partial charge >= 0.3 is 0 Å². The van der Waals surface area contributed by atoms with E-state index in [0.717, 1.165) is 0 Å². The molecular formula is C9H9N3O3S3. The number of thiophene rings is 1. The molecule has 0 aliphatic carbocycles. The van der Waals surface area contributed by atoms with E-state index in [9.17, 15) is 15.2 Å². The zero-order chi connectivity index (χ0) is 13.3. The van der Waals surface area contributed by atoms with E-state index in [4.69, 9.17) is 0 Å². The second-order valence-corrected chi connectivity index (χ2v) is 6.82. The molecule has 0 fully saturated rings. The van der Waals surface area contributed by atoms with Crippen LogP contribution in [0.3, 0.4) is 0 Å². The van der Waals surface area contributed by atoms with Crippen LogP contribution >= 0.6 is 34.6 Å². The first-order valence-corrected chi connectivity index (χ1v) is 7.32. The fourth-order valence-corrected chi connectivity index (χ4v) is 4.34. The standard InChI is InChI=1S/C9H9N3O3S3/c1-4(13)7-3-6(12(14)15)8(16-7)17-9-10-5(2)11-18-9/h3-4,13H,1-2H3/t4-/m1/s1. The monoisotopic (exact) mass is 303 g/mol. The first kappa shape index (κ1) is 13.4. The number of aryl methyl sites for hydroxylation is 1. The average Bonchev–Trinajstić information content (AvgIpc) is 2.85. The van der Waals surface area contributed by atoms with Crippen molar-refractivity contribution in [2.75, 3.05) is 0 Å². The second kappa shape index (κ2) is 5.31. The molecule has 6 nitrogen and oxygen atoms in total. The maximum atomic E-state index is 10.9. The van der Waals surface area contributed by atoms with E-state index in [2.05, 4.69) is 9.36 Å². The van der Waals surface area contributed by atoms with Gasteiger partial charge in [0.1, 0.15) is 10.0 Å². The molecule has 2 aromatic heterocycles. The summed E-state index contributed by atoms with van der Waals surface area (Å²) in [4.78, 5) is 15.2. The highest BCUT2D eigenvalue weighted by molar-refractivity contribution is 8.02. The lowest BCUT2D eigenvalue weighted by Crippen LogP contribution is -1.87. The van der Waals surface area contributed by atoms with Gasteiger partial charge in [-0.1, -0.05) is 0 Å². The van der Waals surface area contributed by atoms with Gasteiger partial charge in [0.25, 0.3) is 5.69 Å². The average molecular weight is 303 g/mol. The van der Waals surface area contributed by atoms with Crippen molar-refractivity contribution in [3.63, 3.8) is 0 Å². The maximum absolute atomic E-state index is 10.9. The molecule has 2 aromatic rings. The van der Waals surface area contributed by atoms with Crippen LogP contribution in [0.5, 0.6) is 0 Å². The Bertz CT molecular complexity index is 579. The van der Waals surface area contributed by atoms with E-state index in [-0.39, 0.29) is 5.69 Å². The third-order valence-corrected chi connectivity index (χ3v) is 5.32. The Labute approximate surface area is 115 Å². The van der Waals surface area contributed by atoms with Gasteiger partial charge in [0.15, 0.2) is 4.34 Å². The molecule has 2 rings (SSSR count). The largest absolute Gasteiger partial charge is 0.388 e. The summed E-state index contributed by atoms with van der Waals surface area (Å²) < 4.78 is 5.21. The summed E-state index contributed by atoms with van der Waals surface area (Å²) in [6.45, 7) is 3.35. The van der Waals surface area contributed by atoms with Crippen LogP contribution in [0.15, 0.2) is 14.6 Å². The number of aliphatic hydroxyl groups is 1. The van der Waals surface area contributed by atoms with E-state index in [1.54, 1.807) is 13.8 Å². The Balaban J connectivity index is 2.33. The van der Waals surface area contributed by atoms with Gasteiger partial charge in [-0.3, -0.25) is 10.1 Å². The molecule has 18 heavy (non-hydrogen) atoms. The van der Waals surface area contributed by atoms with E-state index >= 15 is 0 Å². The van der Waals surface area contributed by atoms with Gasteiger partial charge in [-0.25, -0.2) is 4.98 Å². The first-order chi connectivity index (χ1) is 8.47. The molecule has 0 aromatic carbocycles. The van der Waals surface area contributed by atoms with Crippen LogP contribution in [0.25, 0.3) is 0 Å². The Morgan fingerprint density at radius 1 is 1.61 bits per heavy atom. The van der Waals surface area contributed by atoms with Crippen LogP contribution in [0.2, 0.25) is 0 Å². The summed E-state index contributed by atoms with van der Waals surface area (Å²) in [5.74, 6) is 0.650. The Morgan fingerprint density at radius 3 is 2.83 bits per heavy atom. The van der Waals surface area contributed by atoms with E-state index in [1.807, 2.05) is 0 Å². The van der Waals surface area contributed by atoms with E-state index in [1.165, 1.54) is 40.7 Å². The molecule has 0 spiro atoms. The molecule has 0 bridgehead atoms. The zero-order valence-corrected chi connectivity index (χ0v) is 11.9. The van der Waals surface area contributed by atoms with Gasteiger partial charge in [0.2, 0.25) is 0 Å². The summed E-state index contributed by atoms with van der Waals surface area (Å²) in [5.41, 5.74) is 0.00810. The van der Waals surface area contributed by atoms with Crippen LogP contribution < -0.4 is 0 Å². The number of hydrogen-bond donors (Lipinski definition) is 1. The topological polar surface area (TPSA) is 89.2 Å². The van der Waals surface area contributed by atoms with E-state index < -0.39 is 11.0 Å². The number of aliphatic hydroxyl groups excluding tert-OH is 1. The minimum Gasteiger partial charge on any atom is -0.388 e. The number of hydrogen-bond acceptors (Lipinski definition) is 8. The predicted molar refractivity (Wildman–Crippen MR) is 70.4 cm³/mol. The molecule has 96 valence electrons. The van der Waals surface area contributed by atoms with Crippen molar-refractivity contribution in [3.8, 4) is 0 Å². The lowest BCUT2D eigenvalue weighted by Gasteiger charge is -1.95. The number of nitrogens with zero attached hydrogens (tertiary/aromatic N) is 3. The van der Waals surface area contributed by atoms with Crippen molar-refractivity contribution in [2.24, 2.45) is 0 Å². The molecular weight excluding hydrogens is 294 g/mol. The summed E-state index contributed by atoms with van der Waals surface area (Å²) in [6.07, 6.45) is -0.709. The molecule has 1 atom stereocenters. The van der Waals surface area contributed by atoms with Crippen LogP contribution in [-0.2, 0) is 0 Å². The zero-order valence-electron chi connectivity index (χ0n) is 9.48. The molecule has 0 unspecified atom stereocenters. The number of rotatable bonds is 4. The van der Waals surface area contributed by atoms with Gasteiger partial charge < -0.3 is 5.11 Å². The normalized spacial score (nSPS) is 12.6. The maximum Gasteiger partial charge on any atom is 0.294 e. The Kier molecular flexibility index (Phi) is 3.95. The summed E-state index contributed by atoms with van der Waals surface area (Å²) in [5, 5.41) is 20.4. The minimum absolute atomic E-state index is 0.00810. The van der Waals surface area contributed by atoms with Gasteiger partial charge in [-0.05, 0) is 37.1 Å². The number of nitro groups is 1. The predicted octanol–water partition coefficient (Wildman–Crippen LogP) is 3.02. The Morgan fingerprint density at radius 2 is 2.33 bits per heavy atom. The van der Waals surface area contributed by atoms with Crippen molar-refractivity contribution in [1.29, 1.82) is 0 Å². The highest BCUT2D eigenvalue weighted by Crippen LogP contribution is 2.43. The molecule has 1 N–H and O–H groups in total. The van der Waals surface area contributed by atoms with Gasteiger partial charge in [-0.2, -0.15) is 4.37 Å². The fraction of sp³-hybridized carbons (Fsp3) is 0.333. The molecule has 0 saturated carbocycles. The summed E-state index contributed by atoms with van der Waals surface area (Å²) >= 11 is 3.63. The highest BCUT2D eigenvalue weighted by Gasteiger charge is 2.22. The van der Waals surface area contributed by atoms with Crippen molar-refractivity contribution >= 4 is 40.3 Å². The fourth-order valence-electron chi connectivity index (χ4n) is 1.19. The van der Waals surface area contributed by atoms with Gasteiger partial charge in [0, 0.05) is 10.9 Å². The van der Waals surface area contributed by atoms with Crippen LogP contribution in [0.4, 0.5) is 5.69 Å². The van der Waals surface area contributed by atoms with Crippen LogP contribution in [0, 0.1) is 17.0 Å². The smallest absolute Gasteiger partial charge is 0.294 e. The Hall–Kier alpha value is -1.03. The quantitative estimate of drug-likeness (QED) is 0.690. The van der Waals surface area contributed by atoms with Crippen molar-refractivity contribution in [3.05, 3.63) is 26.9 Å². The summed E-state index contributed by atoms with van der Waals surface area (Å²) in [6, 6.07) is 1.41. The first-order valence-electron chi connectivity index (χ1n) is 4.91. The molecule has 0 aliphatic heterocycles. The minimum atomic E-state index is -0.709. The van der Waals surface area contributed by atoms with Crippen LogP contribution in [0.1, 0.15) is 23.7 Å². The lowest BCUT2D eigenvalue weighted by molar-refractivity contribution is -0.387. The third kappa shape index (κ3) is 2.86. The highest BCUT2D eigenvalue weighted by atomic mass is 32.2. The van der Waals surface area contributed by atoms with Gasteiger partial charge in [-0.15, -0.1) is 11.3 Å². The lowest BCUT2D eigenvalue weighted by atomic mass is 10.3. The molecule has 2 heterocycles. The van der Waals surface area contributed by atoms with Crippen LogP contribution in [-0.4, -0.2) is 19.4 Å². The molecule has 0 radical (unpaired) electrons. The second-order valence-electron chi connectivity index (χ2n) is 3.46. The van der Waals surface area contributed by atoms with Gasteiger partial charge in [0.05, 0.1) is 11.0 Å². The molecule has 0 amide bonds. The van der Waals surface area contributed by atoms with Crippen molar-refractivity contribution in [2.45, 2.75) is 28.5 Å². The summed E-state index contributed by atoms with van der Waals surface area (Å²) in [7, 11) is 0. The molecule has 0 saturated heterocycles. The van der Waals surface area contributed by atoms with Crippen molar-refractivity contribution < 1.29 is 10.0 Å². The third-order valence-electron chi connectivity index (χ3n) is 2.00.